The van der Waals surface area contributed by atoms with Crippen molar-refractivity contribution in [2.24, 2.45) is 0 Å². The lowest BCUT2D eigenvalue weighted by molar-refractivity contribution is 0.0690. The van der Waals surface area contributed by atoms with Crippen LogP contribution >= 0.6 is 23.2 Å². The van der Waals surface area contributed by atoms with Crippen LogP contribution in [0.15, 0.2) is 6.07 Å². The van der Waals surface area contributed by atoms with Gasteiger partial charge in [-0.15, -0.1) is 0 Å². The molecule has 0 unspecified atom stereocenters. The average molecular weight is 305 g/mol. The molecule has 0 aromatic carbocycles. The summed E-state index contributed by atoms with van der Waals surface area (Å²) in [6.07, 6.45) is 1.74. The number of nitrogens with zero attached hydrogens (tertiary/aromatic N) is 2. The van der Waals surface area contributed by atoms with Gasteiger partial charge in [0, 0.05) is 32.4 Å². The van der Waals surface area contributed by atoms with Gasteiger partial charge in [-0.1, -0.05) is 23.2 Å². The Morgan fingerprint density at radius 2 is 2.11 bits per heavy atom. The predicted molar refractivity (Wildman–Crippen MR) is 73.5 cm³/mol. The van der Waals surface area contributed by atoms with E-state index in [9.17, 15) is 4.79 Å². The largest absolute Gasteiger partial charge is 0.476 e. The van der Waals surface area contributed by atoms with Crippen LogP contribution in [0.2, 0.25) is 10.2 Å². The maximum atomic E-state index is 11.1. The van der Waals surface area contributed by atoms with Gasteiger partial charge >= 0.3 is 5.97 Å². The molecule has 1 aliphatic heterocycles. The topological polar surface area (TPSA) is 62.7 Å². The molecule has 1 saturated heterocycles. The lowest BCUT2D eigenvalue weighted by Crippen LogP contribution is -2.37. The minimum Gasteiger partial charge on any atom is -0.476 e. The Kier molecular flexibility index (Phi) is 4.50. The van der Waals surface area contributed by atoms with Gasteiger partial charge in [0.05, 0.1) is 10.7 Å². The zero-order valence-corrected chi connectivity index (χ0v) is 11.9. The van der Waals surface area contributed by atoms with E-state index in [2.05, 4.69) is 4.98 Å². The molecule has 2 rings (SSSR count). The third-order valence-electron chi connectivity index (χ3n) is 3.23. The van der Waals surface area contributed by atoms with E-state index >= 15 is 0 Å². The predicted octanol–water partition coefficient (Wildman–Crippen LogP) is 2.70. The third kappa shape index (κ3) is 3.11. The van der Waals surface area contributed by atoms with E-state index in [4.69, 9.17) is 33.0 Å². The molecule has 1 aliphatic rings. The summed E-state index contributed by atoms with van der Waals surface area (Å²) in [5.41, 5.74) is 0.369. The smallest absolute Gasteiger partial charge is 0.356 e. The first-order valence-corrected chi connectivity index (χ1v) is 6.66. The Bertz CT molecular complexity index is 490. The lowest BCUT2D eigenvalue weighted by Gasteiger charge is -2.33. The first-order valence-electron chi connectivity index (χ1n) is 5.90. The Labute approximate surface area is 121 Å². The van der Waals surface area contributed by atoms with Gasteiger partial charge in [-0.05, 0) is 12.8 Å². The highest BCUT2D eigenvalue weighted by Crippen LogP contribution is 2.32. The summed E-state index contributed by atoms with van der Waals surface area (Å²) in [7, 11) is 1.87. The van der Waals surface area contributed by atoms with Gasteiger partial charge in [-0.3, -0.25) is 0 Å². The molecule has 0 spiro atoms. The molecule has 1 N–H and O–H groups in total. The van der Waals surface area contributed by atoms with Crippen LogP contribution in [0.5, 0.6) is 0 Å². The second-order valence-corrected chi connectivity index (χ2v) is 5.15. The summed E-state index contributed by atoms with van der Waals surface area (Å²) in [6.45, 7) is 1.38. The van der Waals surface area contributed by atoms with Crippen molar-refractivity contribution in [1.29, 1.82) is 0 Å². The van der Waals surface area contributed by atoms with E-state index < -0.39 is 5.97 Å². The van der Waals surface area contributed by atoms with Gasteiger partial charge in [0.2, 0.25) is 0 Å². The quantitative estimate of drug-likeness (QED) is 0.870. The van der Waals surface area contributed by atoms with Crippen molar-refractivity contribution >= 4 is 34.9 Å². The van der Waals surface area contributed by atoms with Gasteiger partial charge in [0.25, 0.3) is 0 Å². The molecule has 1 aromatic rings. The summed E-state index contributed by atoms with van der Waals surface area (Å²) >= 11 is 12.0. The van der Waals surface area contributed by atoms with Gasteiger partial charge in [-0.25, -0.2) is 9.78 Å². The van der Waals surface area contributed by atoms with Gasteiger partial charge in [0.1, 0.15) is 5.15 Å². The zero-order chi connectivity index (χ0) is 14.0. The molecule has 0 amide bonds. The molecule has 0 saturated carbocycles. The fourth-order valence-electron chi connectivity index (χ4n) is 2.15. The standard InChI is InChI=1S/C12H14Cl2N2O3/c1-16(7-2-4-19-5-3-7)8-6-9(13)15-11(10(8)14)12(17)18/h6-7H,2-5H2,1H3,(H,17,18). The summed E-state index contributed by atoms with van der Waals surface area (Å²) in [4.78, 5) is 16.8. The number of aromatic carboxylic acids is 1. The molecule has 1 aromatic heterocycles. The van der Waals surface area contributed by atoms with Gasteiger partial charge in [0.15, 0.2) is 5.69 Å². The molecule has 0 aliphatic carbocycles. The van der Waals surface area contributed by atoms with Crippen molar-refractivity contribution in [3.8, 4) is 0 Å². The number of hydrogen-bond acceptors (Lipinski definition) is 4. The van der Waals surface area contributed by atoms with E-state index in [0.717, 1.165) is 12.8 Å². The van der Waals surface area contributed by atoms with E-state index in [1.807, 2.05) is 11.9 Å². The molecular formula is C12H14Cl2N2O3. The molecule has 0 bridgehead atoms. The number of carboxylic acid groups (broad SMARTS) is 1. The number of anilines is 1. The minimum absolute atomic E-state index is 0.117. The van der Waals surface area contributed by atoms with Crippen molar-refractivity contribution in [3.05, 3.63) is 21.9 Å². The van der Waals surface area contributed by atoms with Crippen LogP contribution in [-0.2, 0) is 4.74 Å². The van der Waals surface area contributed by atoms with Crippen LogP contribution in [-0.4, -0.2) is 42.4 Å². The maximum absolute atomic E-state index is 11.1. The van der Waals surface area contributed by atoms with Crippen molar-refractivity contribution < 1.29 is 14.6 Å². The number of aromatic nitrogens is 1. The number of halogens is 2. The maximum Gasteiger partial charge on any atom is 0.356 e. The normalized spacial score (nSPS) is 16.4. The first kappa shape index (κ1) is 14.4. The molecular weight excluding hydrogens is 291 g/mol. The summed E-state index contributed by atoms with van der Waals surface area (Å²) in [5.74, 6) is -1.19. The molecule has 2 heterocycles. The molecule has 5 nitrogen and oxygen atoms in total. The molecule has 19 heavy (non-hydrogen) atoms. The molecule has 1 fully saturated rings. The highest BCUT2D eigenvalue weighted by Gasteiger charge is 2.24. The number of rotatable bonds is 3. The van der Waals surface area contributed by atoms with Crippen LogP contribution in [0.25, 0.3) is 0 Å². The van der Waals surface area contributed by atoms with E-state index in [1.165, 1.54) is 0 Å². The van der Waals surface area contributed by atoms with Gasteiger partial charge < -0.3 is 14.7 Å². The fraction of sp³-hybridized carbons (Fsp3) is 0.500. The number of carbonyl (C=O) groups is 1. The summed E-state index contributed by atoms with van der Waals surface area (Å²) in [5, 5.41) is 9.30. The molecule has 7 heteroatoms. The highest BCUT2D eigenvalue weighted by molar-refractivity contribution is 6.37. The number of ether oxygens (including phenoxy) is 1. The van der Waals surface area contributed by atoms with Gasteiger partial charge in [-0.2, -0.15) is 0 Å². The van der Waals surface area contributed by atoms with Crippen molar-refractivity contribution in [2.75, 3.05) is 25.2 Å². The second-order valence-electron chi connectivity index (χ2n) is 4.39. The molecule has 104 valence electrons. The van der Waals surface area contributed by atoms with E-state index in [0.29, 0.717) is 18.9 Å². The van der Waals surface area contributed by atoms with Crippen LogP contribution < -0.4 is 4.90 Å². The Balaban J connectivity index is 2.35. The summed E-state index contributed by atoms with van der Waals surface area (Å²) < 4.78 is 5.31. The van der Waals surface area contributed by atoms with E-state index in [-0.39, 0.29) is 21.9 Å². The number of carboxylic acids is 1. The number of hydrogen-bond donors (Lipinski definition) is 1. The highest BCUT2D eigenvalue weighted by atomic mass is 35.5. The monoisotopic (exact) mass is 304 g/mol. The second kappa shape index (κ2) is 5.94. The lowest BCUT2D eigenvalue weighted by atomic mass is 10.1. The molecule has 0 atom stereocenters. The van der Waals surface area contributed by atoms with Crippen LogP contribution in [0.4, 0.5) is 5.69 Å². The Hall–Kier alpha value is -1.04. The van der Waals surface area contributed by atoms with Crippen LogP contribution in [0, 0.1) is 0 Å². The van der Waals surface area contributed by atoms with Crippen molar-refractivity contribution in [1.82, 2.24) is 4.98 Å². The molecule has 0 radical (unpaired) electrons. The van der Waals surface area contributed by atoms with Crippen LogP contribution in [0.1, 0.15) is 23.3 Å². The summed E-state index contributed by atoms with van der Waals surface area (Å²) in [6, 6.07) is 1.84. The Morgan fingerprint density at radius 1 is 1.47 bits per heavy atom. The zero-order valence-electron chi connectivity index (χ0n) is 10.4. The van der Waals surface area contributed by atoms with E-state index in [1.54, 1.807) is 6.07 Å². The van der Waals surface area contributed by atoms with Crippen molar-refractivity contribution in [3.63, 3.8) is 0 Å². The average Bonchev–Trinajstić information content (AvgIpc) is 2.41. The fourth-order valence-corrected chi connectivity index (χ4v) is 2.65. The first-order chi connectivity index (χ1) is 9.00. The van der Waals surface area contributed by atoms with Crippen molar-refractivity contribution in [2.45, 2.75) is 18.9 Å². The third-order valence-corrected chi connectivity index (χ3v) is 3.79. The Morgan fingerprint density at radius 3 is 2.68 bits per heavy atom. The minimum atomic E-state index is -1.19. The number of pyridine rings is 1. The SMILES string of the molecule is CN(c1cc(Cl)nc(C(=O)O)c1Cl)C1CCOCC1. The van der Waals surface area contributed by atoms with Crippen LogP contribution in [0.3, 0.4) is 0 Å².